The van der Waals surface area contributed by atoms with Crippen molar-refractivity contribution in [1.29, 1.82) is 5.26 Å². The number of nitrogens with zero attached hydrogens (tertiary/aromatic N) is 1. The van der Waals surface area contributed by atoms with Gasteiger partial charge in [-0.25, -0.2) is 9.59 Å². The van der Waals surface area contributed by atoms with Crippen LogP contribution in [0.15, 0.2) is 48.5 Å². The molecule has 9 heteroatoms. The highest BCUT2D eigenvalue weighted by Crippen LogP contribution is 2.26. The van der Waals surface area contributed by atoms with Gasteiger partial charge in [-0.3, -0.25) is 4.79 Å². The van der Waals surface area contributed by atoms with Crippen molar-refractivity contribution in [2.24, 2.45) is 17.3 Å². The van der Waals surface area contributed by atoms with Crippen LogP contribution in [0.25, 0.3) is 12.2 Å². The van der Waals surface area contributed by atoms with Crippen LogP contribution in [0.3, 0.4) is 0 Å². The van der Waals surface area contributed by atoms with Crippen molar-refractivity contribution < 1.29 is 14.4 Å². The first-order valence-corrected chi connectivity index (χ1v) is 23.1. The molecule has 0 bridgehead atoms. The summed E-state index contributed by atoms with van der Waals surface area (Å²) in [6, 6.07) is 16.0. The van der Waals surface area contributed by atoms with Crippen molar-refractivity contribution in [3.63, 3.8) is 0 Å². The van der Waals surface area contributed by atoms with Crippen molar-refractivity contribution in [2.75, 3.05) is 25.0 Å². The van der Waals surface area contributed by atoms with E-state index >= 15 is 0 Å². The number of benzene rings is 2. The van der Waals surface area contributed by atoms with Gasteiger partial charge in [0.05, 0.1) is 11.6 Å². The normalized spacial score (nSPS) is 13.0. The number of anilines is 1. The third-order valence-electron chi connectivity index (χ3n) is 11.3. The van der Waals surface area contributed by atoms with Gasteiger partial charge in [-0.2, -0.15) is 5.26 Å². The third kappa shape index (κ3) is 24.4. The SMILES string of the molecule is CCCCCCCCCCCCCCCCCCNC(=O)[C@@H](NC(=O)NCCC(C)CC(C)(C)CNC(=O)Nc1ccc(/C=C/c2ccc(C#N)cc2)cc1)[C@@H](C)CC. The molecular formula is C50H80N6O3. The lowest BCUT2D eigenvalue weighted by Crippen LogP contribution is -2.53. The molecule has 2 rings (SSSR count). The Morgan fingerprint density at radius 1 is 0.661 bits per heavy atom. The molecule has 2 aromatic rings. The number of hydrogen-bond donors (Lipinski definition) is 5. The third-order valence-corrected chi connectivity index (χ3v) is 11.3. The monoisotopic (exact) mass is 813 g/mol. The Hall–Kier alpha value is -4.32. The molecule has 0 fully saturated rings. The number of hydrogen-bond acceptors (Lipinski definition) is 4. The number of nitrogens with one attached hydrogen (secondary N) is 5. The molecule has 0 radical (unpaired) electrons. The summed E-state index contributed by atoms with van der Waals surface area (Å²) in [6.07, 6.45) is 27.5. The largest absolute Gasteiger partial charge is 0.354 e. The van der Waals surface area contributed by atoms with Gasteiger partial charge >= 0.3 is 12.1 Å². The summed E-state index contributed by atoms with van der Waals surface area (Å²) in [7, 11) is 0. The van der Waals surface area contributed by atoms with E-state index < -0.39 is 6.04 Å². The quantitative estimate of drug-likeness (QED) is 0.0383. The van der Waals surface area contributed by atoms with Crippen LogP contribution in [-0.4, -0.2) is 43.6 Å². The van der Waals surface area contributed by atoms with E-state index in [-0.39, 0.29) is 29.3 Å². The van der Waals surface area contributed by atoms with E-state index in [0.29, 0.717) is 36.8 Å². The Kier molecular flexibility index (Phi) is 26.4. The van der Waals surface area contributed by atoms with Gasteiger partial charge in [0, 0.05) is 25.3 Å². The van der Waals surface area contributed by atoms with Gasteiger partial charge in [-0.15, -0.1) is 0 Å². The first kappa shape index (κ1) is 50.8. The first-order valence-electron chi connectivity index (χ1n) is 23.1. The lowest BCUT2D eigenvalue weighted by molar-refractivity contribution is -0.124. The minimum atomic E-state index is -0.565. The summed E-state index contributed by atoms with van der Waals surface area (Å²) >= 11 is 0. The predicted octanol–water partition coefficient (Wildman–Crippen LogP) is 12.4. The van der Waals surface area contributed by atoms with Crippen LogP contribution >= 0.6 is 0 Å². The highest BCUT2D eigenvalue weighted by Gasteiger charge is 2.26. The summed E-state index contributed by atoms with van der Waals surface area (Å²) < 4.78 is 0. The molecule has 0 aliphatic carbocycles. The first-order chi connectivity index (χ1) is 28.5. The van der Waals surface area contributed by atoms with E-state index in [0.717, 1.165) is 43.2 Å². The molecule has 0 aliphatic rings. The maximum atomic E-state index is 13.1. The lowest BCUT2D eigenvalue weighted by atomic mass is 9.82. The topological polar surface area (TPSA) is 135 Å². The standard InChI is InChI=1S/C50H80N6O3/c1-7-9-10-11-12-13-14-15-16-17-18-19-20-21-22-23-35-52-47(57)46(41(4)8-2)56-48(58)53-36-34-40(3)37-50(5,6)39-54-49(59)55-45-32-30-43(31-33-45)25-24-42-26-28-44(38-51)29-27-42/h24-33,40-41,46H,7-23,34-37,39H2,1-6H3,(H,52,57)(H2,53,56,58)(H2,54,55,59)/b25-24+/t40?,41-,46-/m0/s1. The minimum absolute atomic E-state index is 0.0264. The lowest BCUT2D eigenvalue weighted by Gasteiger charge is -2.28. The van der Waals surface area contributed by atoms with Crippen LogP contribution in [-0.2, 0) is 4.79 Å². The van der Waals surface area contributed by atoms with Crippen molar-refractivity contribution in [2.45, 2.75) is 170 Å². The summed E-state index contributed by atoms with van der Waals surface area (Å²) in [5, 5.41) is 23.9. The zero-order valence-electron chi connectivity index (χ0n) is 37.7. The van der Waals surface area contributed by atoms with Crippen molar-refractivity contribution in [3.8, 4) is 6.07 Å². The summed E-state index contributed by atoms with van der Waals surface area (Å²) in [4.78, 5) is 38.7. The molecule has 0 spiro atoms. The van der Waals surface area contributed by atoms with E-state index in [4.69, 9.17) is 5.26 Å². The van der Waals surface area contributed by atoms with Crippen LogP contribution < -0.4 is 26.6 Å². The van der Waals surface area contributed by atoms with E-state index in [2.05, 4.69) is 60.3 Å². The summed E-state index contributed by atoms with van der Waals surface area (Å²) in [5.74, 6) is 0.236. The Balaban J connectivity index is 1.58. The van der Waals surface area contributed by atoms with Crippen molar-refractivity contribution in [3.05, 3.63) is 65.2 Å². The maximum absolute atomic E-state index is 13.1. The fourth-order valence-corrected chi connectivity index (χ4v) is 7.47. The molecule has 0 aromatic heterocycles. The fraction of sp³-hybridized carbons (Fsp3) is 0.640. The van der Waals surface area contributed by atoms with Gasteiger partial charge in [0.2, 0.25) is 5.91 Å². The maximum Gasteiger partial charge on any atom is 0.319 e. The Morgan fingerprint density at radius 3 is 1.68 bits per heavy atom. The van der Waals surface area contributed by atoms with Gasteiger partial charge in [-0.05, 0) is 71.9 Å². The molecule has 1 unspecified atom stereocenters. The van der Waals surface area contributed by atoms with E-state index in [1.165, 1.54) is 89.9 Å². The fourth-order valence-electron chi connectivity index (χ4n) is 7.47. The molecule has 9 nitrogen and oxygen atoms in total. The number of nitriles is 1. The van der Waals surface area contributed by atoms with Crippen LogP contribution in [0.5, 0.6) is 0 Å². The molecule has 2 aromatic carbocycles. The van der Waals surface area contributed by atoms with Crippen LogP contribution in [0.4, 0.5) is 15.3 Å². The number of amides is 5. The average Bonchev–Trinajstić information content (AvgIpc) is 3.22. The zero-order valence-corrected chi connectivity index (χ0v) is 37.7. The molecule has 0 saturated heterocycles. The molecule has 0 heterocycles. The van der Waals surface area contributed by atoms with Crippen molar-refractivity contribution >= 4 is 35.8 Å². The van der Waals surface area contributed by atoms with Gasteiger partial charge < -0.3 is 26.6 Å². The average molecular weight is 813 g/mol. The Labute approximate surface area is 358 Å². The van der Waals surface area contributed by atoms with Crippen molar-refractivity contribution in [1.82, 2.24) is 21.3 Å². The second-order valence-corrected chi connectivity index (χ2v) is 17.6. The van der Waals surface area contributed by atoms with E-state index in [1.54, 1.807) is 12.1 Å². The van der Waals surface area contributed by atoms with Gasteiger partial charge in [0.1, 0.15) is 6.04 Å². The molecule has 0 aliphatic heterocycles. The highest BCUT2D eigenvalue weighted by atomic mass is 16.2. The number of rotatable bonds is 31. The van der Waals surface area contributed by atoms with Gasteiger partial charge in [0.25, 0.3) is 0 Å². The number of unbranched alkanes of at least 4 members (excludes halogenated alkanes) is 15. The Morgan fingerprint density at radius 2 is 1.17 bits per heavy atom. The van der Waals surface area contributed by atoms with Gasteiger partial charge in [0.15, 0.2) is 0 Å². The predicted molar refractivity (Wildman–Crippen MR) is 248 cm³/mol. The van der Waals surface area contributed by atoms with Crippen LogP contribution in [0, 0.1) is 28.6 Å². The highest BCUT2D eigenvalue weighted by molar-refractivity contribution is 5.89. The second-order valence-electron chi connectivity index (χ2n) is 17.6. The number of carbonyl (C=O) groups is 3. The Bertz CT molecular complexity index is 1510. The molecule has 59 heavy (non-hydrogen) atoms. The molecule has 0 saturated carbocycles. The minimum Gasteiger partial charge on any atom is -0.354 e. The van der Waals surface area contributed by atoms with Crippen LogP contribution in [0.1, 0.15) is 180 Å². The summed E-state index contributed by atoms with van der Waals surface area (Å²) in [6.45, 7) is 14.4. The smallest absolute Gasteiger partial charge is 0.319 e. The van der Waals surface area contributed by atoms with Gasteiger partial charge in [-0.1, -0.05) is 181 Å². The van der Waals surface area contributed by atoms with E-state index in [9.17, 15) is 14.4 Å². The molecule has 328 valence electrons. The molecule has 5 N–H and O–H groups in total. The number of carbonyl (C=O) groups excluding carboxylic acids is 3. The second kappa shape index (κ2) is 30.7. The molecular weight excluding hydrogens is 733 g/mol. The molecule has 3 atom stereocenters. The van der Waals surface area contributed by atoms with Crippen LogP contribution in [0.2, 0.25) is 0 Å². The number of urea groups is 2. The molecule has 5 amide bonds. The summed E-state index contributed by atoms with van der Waals surface area (Å²) in [5.41, 5.74) is 3.19. The zero-order chi connectivity index (χ0) is 43.1. The van der Waals surface area contributed by atoms with E-state index in [1.807, 2.05) is 62.4 Å².